The van der Waals surface area contributed by atoms with Crippen LogP contribution in [0.1, 0.15) is 18.5 Å². The summed E-state index contributed by atoms with van der Waals surface area (Å²) >= 11 is 0. The zero-order valence-electron chi connectivity index (χ0n) is 9.18. The normalized spacial score (nSPS) is 12.4. The average Bonchev–Trinajstić information content (AvgIpc) is 2.26. The first-order chi connectivity index (χ1) is 8.00. The van der Waals surface area contributed by atoms with Crippen LogP contribution in [0.2, 0.25) is 0 Å². The minimum absolute atomic E-state index is 0.351. The van der Waals surface area contributed by atoms with Crippen molar-refractivity contribution >= 4 is 11.9 Å². The van der Waals surface area contributed by atoms with Crippen molar-refractivity contribution in [2.45, 2.75) is 13.0 Å². The van der Waals surface area contributed by atoms with Gasteiger partial charge in [-0.25, -0.2) is 9.18 Å². The molecule has 1 amide bonds. The van der Waals surface area contributed by atoms with Crippen molar-refractivity contribution in [1.82, 2.24) is 5.32 Å². The number of nitrogens with one attached hydrogen (secondary N) is 1. The van der Waals surface area contributed by atoms with Crippen LogP contribution in [0.3, 0.4) is 0 Å². The van der Waals surface area contributed by atoms with Crippen LogP contribution in [0, 0.1) is 5.82 Å². The predicted molar refractivity (Wildman–Crippen MR) is 59.7 cm³/mol. The molecule has 1 atom stereocenters. The molecule has 0 unspecified atom stereocenters. The van der Waals surface area contributed by atoms with Crippen LogP contribution in [-0.4, -0.2) is 17.0 Å². The van der Waals surface area contributed by atoms with Gasteiger partial charge in [-0.15, -0.1) is 0 Å². The van der Waals surface area contributed by atoms with Crippen LogP contribution >= 0.6 is 0 Å². The standard InChI is InChI=1S/C12H12FNO3/c1-8(9-4-2-3-5-10(9)13)14-11(15)6-7-12(16)17/h2-8H,1H3,(H,14,15)(H,16,17)/b7-6+/t8-/m1/s1. The Morgan fingerprint density at radius 1 is 1.35 bits per heavy atom. The second kappa shape index (κ2) is 5.79. The van der Waals surface area contributed by atoms with Crippen LogP contribution in [0.15, 0.2) is 36.4 Å². The summed E-state index contributed by atoms with van der Waals surface area (Å²) in [5, 5.41) is 10.8. The topological polar surface area (TPSA) is 66.4 Å². The Morgan fingerprint density at radius 3 is 2.59 bits per heavy atom. The average molecular weight is 237 g/mol. The van der Waals surface area contributed by atoms with Gasteiger partial charge >= 0.3 is 5.97 Å². The quantitative estimate of drug-likeness (QED) is 0.782. The zero-order valence-corrected chi connectivity index (χ0v) is 9.18. The number of hydrogen-bond donors (Lipinski definition) is 2. The molecule has 17 heavy (non-hydrogen) atoms. The smallest absolute Gasteiger partial charge is 0.328 e. The molecule has 0 radical (unpaired) electrons. The summed E-state index contributed by atoms with van der Waals surface area (Å²) in [5.41, 5.74) is 0.351. The Morgan fingerprint density at radius 2 is 2.00 bits per heavy atom. The molecule has 0 saturated carbocycles. The largest absolute Gasteiger partial charge is 0.478 e. The van der Waals surface area contributed by atoms with Crippen molar-refractivity contribution in [3.8, 4) is 0 Å². The maximum absolute atomic E-state index is 13.3. The number of carboxylic acid groups (broad SMARTS) is 1. The molecular formula is C12H12FNO3. The van der Waals surface area contributed by atoms with Gasteiger partial charge in [0, 0.05) is 17.7 Å². The fraction of sp³-hybridized carbons (Fsp3) is 0.167. The highest BCUT2D eigenvalue weighted by Crippen LogP contribution is 2.15. The van der Waals surface area contributed by atoms with E-state index in [0.717, 1.165) is 12.2 Å². The van der Waals surface area contributed by atoms with E-state index >= 15 is 0 Å². The van der Waals surface area contributed by atoms with Crippen LogP contribution in [0.5, 0.6) is 0 Å². The SMILES string of the molecule is C[C@@H](NC(=O)/C=C/C(=O)O)c1ccccc1F. The van der Waals surface area contributed by atoms with Crippen molar-refractivity contribution in [3.05, 3.63) is 47.8 Å². The summed E-state index contributed by atoms with van der Waals surface area (Å²) in [7, 11) is 0. The molecule has 0 saturated heterocycles. The monoisotopic (exact) mass is 237 g/mol. The predicted octanol–water partition coefficient (Wildman–Crippen LogP) is 1.64. The van der Waals surface area contributed by atoms with Crippen molar-refractivity contribution in [1.29, 1.82) is 0 Å². The molecule has 0 spiro atoms. The third kappa shape index (κ3) is 4.06. The van der Waals surface area contributed by atoms with Gasteiger partial charge in [-0.2, -0.15) is 0 Å². The molecule has 1 rings (SSSR count). The number of hydrogen-bond acceptors (Lipinski definition) is 2. The van der Waals surface area contributed by atoms with Gasteiger partial charge in [0.2, 0.25) is 5.91 Å². The van der Waals surface area contributed by atoms with Gasteiger partial charge in [-0.3, -0.25) is 4.79 Å². The highest BCUT2D eigenvalue weighted by atomic mass is 19.1. The van der Waals surface area contributed by atoms with E-state index in [9.17, 15) is 14.0 Å². The van der Waals surface area contributed by atoms with Crippen LogP contribution in [0.4, 0.5) is 4.39 Å². The molecule has 1 aromatic carbocycles. The Kier molecular flexibility index (Phi) is 4.39. The summed E-state index contributed by atoms with van der Waals surface area (Å²) in [6.07, 6.45) is 1.61. The van der Waals surface area contributed by atoms with E-state index in [2.05, 4.69) is 5.32 Å². The number of aliphatic carboxylic acids is 1. The van der Waals surface area contributed by atoms with Gasteiger partial charge in [0.15, 0.2) is 0 Å². The minimum Gasteiger partial charge on any atom is -0.478 e. The molecule has 0 heterocycles. The van der Waals surface area contributed by atoms with Crippen molar-refractivity contribution < 1.29 is 19.1 Å². The number of carbonyl (C=O) groups excluding carboxylic acids is 1. The van der Waals surface area contributed by atoms with Crippen molar-refractivity contribution in [2.24, 2.45) is 0 Å². The lowest BCUT2D eigenvalue weighted by molar-refractivity contribution is -0.131. The first-order valence-electron chi connectivity index (χ1n) is 4.96. The Labute approximate surface area is 97.8 Å². The summed E-state index contributed by atoms with van der Waals surface area (Å²) in [5.74, 6) is -2.20. The maximum atomic E-state index is 13.3. The molecule has 0 aliphatic rings. The Balaban J connectivity index is 2.67. The molecule has 1 aromatic rings. The van der Waals surface area contributed by atoms with Crippen molar-refractivity contribution in [2.75, 3.05) is 0 Å². The molecule has 0 bridgehead atoms. The molecule has 0 fully saturated rings. The van der Waals surface area contributed by atoms with E-state index in [1.54, 1.807) is 25.1 Å². The first-order valence-corrected chi connectivity index (χ1v) is 4.96. The number of amides is 1. The maximum Gasteiger partial charge on any atom is 0.328 e. The lowest BCUT2D eigenvalue weighted by atomic mass is 10.1. The number of carbonyl (C=O) groups is 2. The fourth-order valence-corrected chi connectivity index (χ4v) is 1.31. The number of benzene rings is 1. The van der Waals surface area contributed by atoms with E-state index in [0.29, 0.717) is 5.56 Å². The third-order valence-corrected chi connectivity index (χ3v) is 2.11. The molecule has 0 aliphatic carbocycles. The van der Waals surface area contributed by atoms with Gasteiger partial charge in [-0.05, 0) is 13.0 Å². The number of halogens is 1. The minimum atomic E-state index is -1.21. The van der Waals surface area contributed by atoms with Gasteiger partial charge in [-0.1, -0.05) is 18.2 Å². The summed E-state index contributed by atoms with van der Waals surface area (Å²) in [4.78, 5) is 21.4. The van der Waals surface area contributed by atoms with E-state index < -0.39 is 23.7 Å². The Hall–Kier alpha value is -2.17. The van der Waals surface area contributed by atoms with E-state index in [4.69, 9.17) is 5.11 Å². The van der Waals surface area contributed by atoms with E-state index in [-0.39, 0.29) is 0 Å². The number of rotatable bonds is 4. The van der Waals surface area contributed by atoms with Gasteiger partial charge in [0.05, 0.1) is 6.04 Å². The van der Waals surface area contributed by atoms with Gasteiger partial charge in [0.25, 0.3) is 0 Å². The lowest BCUT2D eigenvalue weighted by Gasteiger charge is -2.13. The zero-order chi connectivity index (χ0) is 12.8. The molecule has 0 aliphatic heterocycles. The van der Waals surface area contributed by atoms with E-state index in [1.807, 2.05) is 0 Å². The van der Waals surface area contributed by atoms with Crippen LogP contribution < -0.4 is 5.32 Å². The molecule has 4 nitrogen and oxygen atoms in total. The van der Waals surface area contributed by atoms with Crippen LogP contribution in [-0.2, 0) is 9.59 Å². The number of carboxylic acids is 1. The van der Waals surface area contributed by atoms with Gasteiger partial charge < -0.3 is 10.4 Å². The van der Waals surface area contributed by atoms with Crippen LogP contribution in [0.25, 0.3) is 0 Å². The third-order valence-electron chi connectivity index (χ3n) is 2.11. The second-order valence-electron chi connectivity index (χ2n) is 3.42. The first kappa shape index (κ1) is 12.9. The summed E-state index contributed by atoms with van der Waals surface area (Å²) < 4.78 is 13.3. The Bertz CT molecular complexity index is 457. The molecule has 0 aromatic heterocycles. The second-order valence-corrected chi connectivity index (χ2v) is 3.42. The fourth-order valence-electron chi connectivity index (χ4n) is 1.31. The highest BCUT2D eigenvalue weighted by molar-refractivity contribution is 5.94. The van der Waals surface area contributed by atoms with E-state index in [1.165, 1.54) is 6.07 Å². The van der Waals surface area contributed by atoms with Crippen molar-refractivity contribution in [3.63, 3.8) is 0 Å². The summed E-state index contributed by atoms with van der Waals surface area (Å²) in [6.45, 7) is 1.62. The molecule has 5 heteroatoms. The molecule has 2 N–H and O–H groups in total. The summed E-state index contributed by atoms with van der Waals surface area (Å²) in [6, 6.07) is 5.54. The lowest BCUT2D eigenvalue weighted by Crippen LogP contribution is -2.25. The highest BCUT2D eigenvalue weighted by Gasteiger charge is 2.11. The van der Waals surface area contributed by atoms with Gasteiger partial charge in [0.1, 0.15) is 5.82 Å². The molecular weight excluding hydrogens is 225 g/mol. The molecule has 90 valence electrons.